The van der Waals surface area contributed by atoms with E-state index in [-0.39, 0.29) is 5.41 Å². The Morgan fingerprint density at radius 3 is 2.40 bits per heavy atom. The summed E-state index contributed by atoms with van der Waals surface area (Å²) in [6, 6.07) is -0.450. The van der Waals surface area contributed by atoms with Crippen LogP contribution in [0.15, 0.2) is 0 Å². The number of rotatable bonds is 4. The highest BCUT2D eigenvalue weighted by Gasteiger charge is 2.54. The van der Waals surface area contributed by atoms with Gasteiger partial charge in [0.15, 0.2) is 0 Å². The lowest BCUT2D eigenvalue weighted by atomic mass is 9.67. The van der Waals surface area contributed by atoms with Crippen LogP contribution in [0, 0.1) is 11.3 Å². The topological polar surface area (TPSA) is 58.6 Å². The van der Waals surface area contributed by atoms with E-state index in [1.54, 1.807) is 7.05 Å². The standard InChI is InChI=1S/C11H19NO3/c1-12-9(10(13)14)11(6-15-7-11)8-4-2-3-5-8/h8-9,12H,2-7H2,1H3,(H,13,14). The summed E-state index contributed by atoms with van der Waals surface area (Å²) in [5.74, 6) is -0.215. The van der Waals surface area contributed by atoms with Gasteiger partial charge in [-0.2, -0.15) is 0 Å². The van der Waals surface area contributed by atoms with E-state index in [9.17, 15) is 9.90 Å². The monoisotopic (exact) mass is 213 g/mol. The van der Waals surface area contributed by atoms with Crippen LogP contribution in [0.3, 0.4) is 0 Å². The van der Waals surface area contributed by atoms with Gasteiger partial charge in [-0.1, -0.05) is 12.8 Å². The molecule has 1 saturated carbocycles. The Kier molecular flexibility index (Phi) is 2.98. The Morgan fingerprint density at radius 1 is 1.47 bits per heavy atom. The molecule has 0 aromatic rings. The van der Waals surface area contributed by atoms with Crippen LogP contribution in [0.1, 0.15) is 25.7 Å². The fourth-order valence-electron chi connectivity index (χ4n) is 3.13. The largest absolute Gasteiger partial charge is 0.480 e. The summed E-state index contributed by atoms with van der Waals surface area (Å²) in [5, 5.41) is 12.2. The van der Waals surface area contributed by atoms with Crippen LogP contribution in [0.25, 0.3) is 0 Å². The van der Waals surface area contributed by atoms with Crippen molar-refractivity contribution in [2.75, 3.05) is 20.3 Å². The first-order valence-electron chi connectivity index (χ1n) is 5.68. The van der Waals surface area contributed by atoms with Crippen LogP contribution in [0.2, 0.25) is 0 Å². The lowest BCUT2D eigenvalue weighted by molar-refractivity contribution is -0.181. The van der Waals surface area contributed by atoms with Gasteiger partial charge in [-0.3, -0.25) is 4.79 Å². The van der Waals surface area contributed by atoms with Crippen molar-refractivity contribution in [1.29, 1.82) is 0 Å². The molecule has 0 bridgehead atoms. The lowest BCUT2D eigenvalue weighted by Gasteiger charge is -2.49. The Morgan fingerprint density at radius 2 is 2.07 bits per heavy atom. The van der Waals surface area contributed by atoms with Crippen molar-refractivity contribution in [1.82, 2.24) is 5.32 Å². The molecule has 1 heterocycles. The van der Waals surface area contributed by atoms with Crippen molar-refractivity contribution in [3.05, 3.63) is 0 Å². The molecular formula is C11H19NO3. The number of carboxylic acids is 1. The summed E-state index contributed by atoms with van der Waals surface area (Å²) in [5.41, 5.74) is -0.142. The summed E-state index contributed by atoms with van der Waals surface area (Å²) in [6.07, 6.45) is 4.80. The molecule has 0 spiro atoms. The highest BCUT2D eigenvalue weighted by Crippen LogP contribution is 2.47. The van der Waals surface area contributed by atoms with Crippen molar-refractivity contribution in [2.45, 2.75) is 31.7 Å². The van der Waals surface area contributed by atoms with Crippen molar-refractivity contribution in [3.8, 4) is 0 Å². The average molecular weight is 213 g/mol. The number of nitrogens with one attached hydrogen (secondary N) is 1. The van der Waals surface area contributed by atoms with Crippen molar-refractivity contribution < 1.29 is 14.6 Å². The molecule has 15 heavy (non-hydrogen) atoms. The molecule has 4 nitrogen and oxygen atoms in total. The molecular weight excluding hydrogens is 194 g/mol. The van der Waals surface area contributed by atoms with E-state index in [4.69, 9.17) is 4.74 Å². The highest BCUT2D eigenvalue weighted by molar-refractivity contribution is 5.75. The van der Waals surface area contributed by atoms with Gasteiger partial charge < -0.3 is 15.2 Å². The zero-order chi connectivity index (χ0) is 10.9. The predicted octanol–water partition coefficient (Wildman–Crippen LogP) is 0.866. The average Bonchev–Trinajstić information content (AvgIpc) is 2.62. The summed E-state index contributed by atoms with van der Waals surface area (Å²) in [7, 11) is 1.73. The summed E-state index contributed by atoms with van der Waals surface area (Å²) >= 11 is 0. The molecule has 1 aliphatic heterocycles. The molecule has 0 aromatic carbocycles. The number of carboxylic acid groups (broad SMARTS) is 1. The second-order valence-corrected chi connectivity index (χ2v) is 4.77. The Labute approximate surface area is 90.0 Å². The van der Waals surface area contributed by atoms with Crippen LogP contribution < -0.4 is 5.32 Å². The van der Waals surface area contributed by atoms with Gasteiger partial charge in [0.05, 0.1) is 13.2 Å². The van der Waals surface area contributed by atoms with E-state index in [1.807, 2.05) is 0 Å². The number of ether oxygens (including phenoxy) is 1. The summed E-state index contributed by atoms with van der Waals surface area (Å²) in [4.78, 5) is 11.2. The summed E-state index contributed by atoms with van der Waals surface area (Å²) in [6.45, 7) is 1.21. The minimum absolute atomic E-state index is 0.142. The van der Waals surface area contributed by atoms with E-state index >= 15 is 0 Å². The first kappa shape index (κ1) is 10.9. The molecule has 2 N–H and O–H groups in total. The van der Waals surface area contributed by atoms with Crippen LogP contribution in [0.5, 0.6) is 0 Å². The molecule has 86 valence electrons. The van der Waals surface area contributed by atoms with Crippen LogP contribution in [-0.2, 0) is 9.53 Å². The smallest absolute Gasteiger partial charge is 0.321 e. The third kappa shape index (κ3) is 1.66. The molecule has 2 rings (SSSR count). The zero-order valence-corrected chi connectivity index (χ0v) is 9.16. The molecule has 1 aliphatic carbocycles. The second kappa shape index (κ2) is 4.10. The van der Waals surface area contributed by atoms with Gasteiger partial charge in [-0.15, -0.1) is 0 Å². The molecule has 4 heteroatoms. The van der Waals surface area contributed by atoms with E-state index in [0.29, 0.717) is 19.1 Å². The minimum Gasteiger partial charge on any atom is -0.480 e. The van der Waals surface area contributed by atoms with E-state index in [2.05, 4.69) is 5.32 Å². The maximum atomic E-state index is 11.2. The lowest BCUT2D eigenvalue weighted by Crippen LogP contribution is -2.62. The minimum atomic E-state index is -0.743. The maximum absolute atomic E-state index is 11.2. The number of carbonyl (C=O) groups is 1. The van der Waals surface area contributed by atoms with Gasteiger partial charge in [0.2, 0.25) is 0 Å². The van der Waals surface area contributed by atoms with Gasteiger partial charge >= 0.3 is 5.97 Å². The van der Waals surface area contributed by atoms with Gasteiger partial charge in [-0.05, 0) is 25.8 Å². The molecule has 1 atom stereocenters. The SMILES string of the molecule is CNC(C(=O)O)C1(C2CCCC2)COC1. The number of likely N-dealkylation sites (N-methyl/N-ethyl adjacent to an activating group) is 1. The van der Waals surface area contributed by atoms with Crippen molar-refractivity contribution in [2.24, 2.45) is 11.3 Å². The van der Waals surface area contributed by atoms with Crippen molar-refractivity contribution >= 4 is 5.97 Å². The Hall–Kier alpha value is -0.610. The third-order valence-corrected chi connectivity index (χ3v) is 4.02. The van der Waals surface area contributed by atoms with E-state index in [0.717, 1.165) is 12.8 Å². The summed E-state index contributed by atoms with van der Waals surface area (Å²) < 4.78 is 5.28. The second-order valence-electron chi connectivity index (χ2n) is 4.77. The third-order valence-electron chi connectivity index (χ3n) is 4.02. The van der Waals surface area contributed by atoms with Gasteiger partial charge in [0.25, 0.3) is 0 Å². The van der Waals surface area contributed by atoms with Crippen LogP contribution in [-0.4, -0.2) is 37.4 Å². The normalized spacial score (nSPS) is 27.3. The van der Waals surface area contributed by atoms with Crippen LogP contribution >= 0.6 is 0 Å². The number of hydrogen-bond donors (Lipinski definition) is 2. The molecule has 1 unspecified atom stereocenters. The first-order valence-corrected chi connectivity index (χ1v) is 5.68. The highest BCUT2D eigenvalue weighted by atomic mass is 16.5. The Balaban J connectivity index is 2.15. The molecule has 0 aromatic heterocycles. The van der Waals surface area contributed by atoms with Gasteiger partial charge in [-0.25, -0.2) is 0 Å². The predicted molar refractivity (Wildman–Crippen MR) is 55.7 cm³/mol. The van der Waals surface area contributed by atoms with Gasteiger partial charge in [0.1, 0.15) is 6.04 Å². The van der Waals surface area contributed by atoms with Crippen LogP contribution in [0.4, 0.5) is 0 Å². The van der Waals surface area contributed by atoms with E-state index < -0.39 is 12.0 Å². The fraction of sp³-hybridized carbons (Fsp3) is 0.909. The Bertz CT molecular complexity index is 244. The fourth-order valence-corrected chi connectivity index (χ4v) is 3.13. The first-order chi connectivity index (χ1) is 7.20. The molecule has 0 radical (unpaired) electrons. The quantitative estimate of drug-likeness (QED) is 0.727. The maximum Gasteiger partial charge on any atom is 0.321 e. The molecule has 2 aliphatic rings. The zero-order valence-electron chi connectivity index (χ0n) is 9.16. The number of hydrogen-bond acceptors (Lipinski definition) is 3. The molecule has 0 amide bonds. The number of aliphatic carboxylic acids is 1. The van der Waals surface area contributed by atoms with Gasteiger partial charge in [0, 0.05) is 5.41 Å². The molecule has 2 fully saturated rings. The molecule has 1 saturated heterocycles. The van der Waals surface area contributed by atoms with E-state index in [1.165, 1.54) is 12.8 Å². The van der Waals surface area contributed by atoms with Crippen molar-refractivity contribution in [3.63, 3.8) is 0 Å².